The minimum atomic E-state index is -2.91. The molecular formula is C49H56N10O14S2-2. The Balaban J connectivity index is 1.13. The van der Waals surface area contributed by atoms with Crippen molar-refractivity contribution in [1.29, 1.82) is 0 Å². The van der Waals surface area contributed by atoms with Crippen molar-refractivity contribution in [2.24, 2.45) is 10.2 Å². The summed E-state index contributed by atoms with van der Waals surface area (Å²) in [6.07, 6.45) is 3.14. The summed E-state index contributed by atoms with van der Waals surface area (Å²) in [6.45, 7) is 4.83. The highest BCUT2D eigenvalue weighted by Gasteiger charge is 2.26. The molecule has 0 saturated carbocycles. The number of aryl methyl sites for hydroxylation is 2. The number of phenols is 1. The number of hydrogen-bond acceptors (Lipinski definition) is 18. The number of carbonyl (C=O) groups excluding carboxylic acids is 5. The van der Waals surface area contributed by atoms with E-state index in [1.807, 2.05) is 12.1 Å². The highest BCUT2D eigenvalue weighted by molar-refractivity contribution is 7.80. The lowest BCUT2D eigenvalue weighted by Crippen LogP contribution is -2.49. The smallest absolute Gasteiger partial charge is 0.317 e. The van der Waals surface area contributed by atoms with E-state index in [0.29, 0.717) is 74.6 Å². The Bertz CT molecular complexity index is 2940. The average molecular weight is 1070 g/mol. The number of hydrogen-bond donors (Lipinski definition) is 7. The lowest BCUT2D eigenvalue weighted by Gasteiger charge is -2.26. The summed E-state index contributed by atoms with van der Waals surface area (Å²) in [5.74, 6) is -5.04. The normalized spacial score (nSPS) is 16.1. The molecule has 75 heavy (non-hydrogen) atoms. The van der Waals surface area contributed by atoms with Crippen molar-refractivity contribution in [3.05, 3.63) is 77.9 Å². The number of nitrogen functional groups attached to an aromatic ring is 1. The van der Waals surface area contributed by atoms with Crippen LogP contribution in [0.4, 0.5) is 22.7 Å². The van der Waals surface area contributed by atoms with E-state index < -0.39 is 74.4 Å². The molecule has 4 aromatic carbocycles. The fraction of sp³-hybridized carbons (Fsp3) is 0.367. The number of amides is 5. The molecule has 0 bridgehead atoms. The Hall–Kier alpha value is -7.33. The summed E-state index contributed by atoms with van der Waals surface area (Å²) < 4.78 is 47.4. The lowest BCUT2D eigenvalue weighted by molar-refractivity contribution is -0.140. The molecule has 26 heteroatoms. The number of nitrogens with two attached hydrogens (primary N) is 1. The molecule has 0 spiro atoms. The van der Waals surface area contributed by atoms with Crippen LogP contribution < -0.4 is 21.7 Å². The maximum atomic E-state index is 14.1. The van der Waals surface area contributed by atoms with Gasteiger partial charge in [0, 0.05) is 91.8 Å². The molecule has 1 saturated heterocycles. The molecule has 2 unspecified atom stereocenters. The summed E-state index contributed by atoms with van der Waals surface area (Å²) in [4.78, 5) is 92.3. The van der Waals surface area contributed by atoms with Gasteiger partial charge in [0.1, 0.15) is 11.7 Å². The van der Waals surface area contributed by atoms with Crippen LogP contribution >= 0.6 is 0 Å². The molecule has 24 nitrogen and oxygen atoms in total. The van der Waals surface area contributed by atoms with Crippen LogP contribution in [0.2, 0.25) is 0 Å². The molecule has 2 aliphatic rings. The number of benzene rings is 4. The number of carboxylic acid groups (broad SMARTS) is 2. The lowest BCUT2D eigenvalue weighted by atomic mass is 10.00. The SMILES string of the molecule is Cc1cc(-c2ccc(NC(=O)[C@@H](CCCCNC(=O)CCN3C(=O)C=CC3=O)NC(=O)CN3CCN(CC(=O)O)CCN(CC(=O)O)CC3)c(C)c2)ccc1N=Nc1ccc2c(S(=O)[O-])cc(S(=O)[O-])c(N)c2c1O. The van der Waals surface area contributed by atoms with Crippen molar-refractivity contribution in [2.75, 3.05) is 83.0 Å². The zero-order valence-corrected chi connectivity index (χ0v) is 42.6. The minimum Gasteiger partial charge on any atom is -0.768 e. The van der Waals surface area contributed by atoms with E-state index in [-0.39, 0.29) is 78.5 Å². The second-order valence-electron chi connectivity index (χ2n) is 17.8. The molecule has 0 radical (unpaired) electrons. The van der Waals surface area contributed by atoms with Gasteiger partial charge in [0.05, 0.1) is 36.4 Å². The van der Waals surface area contributed by atoms with E-state index in [9.17, 15) is 66.4 Å². The summed E-state index contributed by atoms with van der Waals surface area (Å²) in [5.41, 5.74) is 9.35. The molecule has 8 N–H and O–H groups in total. The fourth-order valence-corrected chi connectivity index (χ4v) is 9.61. The van der Waals surface area contributed by atoms with Gasteiger partial charge in [-0.15, -0.1) is 5.11 Å². The van der Waals surface area contributed by atoms with Gasteiger partial charge >= 0.3 is 11.9 Å². The molecule has 400 valence electrons. The Kier molecular flexibility index (Phi) is 19.9. The number of unbranched alkanes of at least 4 members (excludes halogenated alkanes) is 1. The molecule has 0 aromatic heterocycles. The first-order valence-corrected chi connectivity index (χ1v) is 25.7. The van der Waals surface area contributed by atoms with Crippen molar-refractivity contribution >= 4 is 97.2 Å². The highest BCUT2D eigenvalue weighted by atomic mass is 32.2. The van der Waals surface area contributed by atoms with Crippen molar-refractivity contribution < 1.29 is 66.4 Å². The topological polar surface area (TPSA) is 360 Å². The molecule has 2 aliphatic heterocycles. The van der Waals surface area contributed by atoms with E-state index in [1.54, 1.807) is 52.8 Å². The van der Waals surface area contributed by atoms with Crippen LogP contribution in [0.3, 0.4) is 0 Å². The maximum absolute atomic E-state index is 14.1. The largest absolute Gasteiger partial charge is 0.768 e. The first-order valence-electron chi connectivity index (χ1n) is 23.6. The van der Waals surface area contributed by atoms with Crippen molar-refractivity contribution in [3.8, 4) is 16.9 Å². The number of aliphatic carboxylic acids is 2. The molecule has 4 aromatic rings. The third-order valence-corrected chi connectivity index (χ3v) is 13.9. The number of fused-ring (bicyclic) bond motifs is 1. The summed E-state index contributed by atoms with van der Waals surface area (Å²) in [6, 6.07) is 13.2. The van der Waals surface area contributed by atoms with Gasteiger partial charge in [0.25, 0.3) is 11.8 Å². The Morgan fingerprint density at radius 3 is 1.83 bits per heavy atom. The monoisotopic (exact) mass is 1070 g/mol. The second-order valence-corrected chi connectivity index (χ2v) is 19.6. The van der Waals surface area contributed by atoms with Crippen LogP contribution in [0.1, 0.15) is 36.8 Å². The predicted octanol–water partition coefficient (Wildman–Crippen LogP) is 2.42. The molecule has 6 rings (SSSR count). The highest BCUT2D eigenvalue weighted by Crippen LogP contribution is 2.43. The van der Waals surface area contributed by atoms with Gasteiger partial charge in [0.2, 0.25) is 17.7 Å². The standard InChI is InChI=1S/C49H58N10O14S2/c1-29-23-31(32-7-10-35(30(2)24-32)54-55-36-11-8-33-38(74(70)71)25-39(75(72)73)47(50)46(33)48(36)68)6-9-34(29)53-49(69)37(5-3-4-15-51-40(60)14-16-59-42(62)12-13-43(59)63)52-41(61)26-56-17-19-57(27-44(64)65)21-22-58(20-18-56)28-45(66)67/h6-13,23-25,37,68H,3-5,14-22,26-28,50H2,1-2H3,(H,51,60)(H,52,61)(H,53,69)(H,64,65)(H,66,67)(H,70,71)(H,72,73)/p-2/t37-/m1/s1. The van der Waals surface area contributed by atoms with E-state index in [0.717, 1.165) is 34.2 Å². The van der Waals surface area contributed by atoms with Gasteiger partial charge in [-0.3, -0.25) is 61.6 Å². The zero-order valence-electron chi connectivity index (χ0n) is 40.9. The number of carbonyl (C=O) groups is 7. The number of anilines is 2. The number of carboxylic acids is 2. The van der Waals surface area contributed by atoms with Crippen molar-refractivity contribution in [3.63, 3.8) is 0 Å². The van der Waals surface area contributed by atoms with Gasteiger partial charge in [-0.1, -0.05) is 18.2 Å². The molecule has 5 amide bonds. The first-order chi connectivity index (χ1) is 35.7. The van der Waals surface area contributed by atoms with E-state index >= 15 is 0 Å². The van der Waals surface area contributed by atoms with Crippen LogP contribution in [-0.2, 0) is 55.7 Å². The van der Waals surface area contributed by atoms with E-state index in [2.05, 4.69) is 26.2 Å². The Morgan fingerprint density at radius 1 is 0.720 bits per heavy atom. The van der Waals surface area contributed by atoms with Gasteiger partial charge in [0.15, 0.2) is 5.75 Å². The summed E-state index contributed by atoms with van der Waals surface area (Å²) >= 11 is -5.77. The molecule has 1 fully saturated rings. The van der Waals surface area contributed by atoms with E-state index in [4.69, 9.17) is 5.73 Å². The number of nitrogens with zero attached hydrogens (tertiary/aromatic N) is 6. The Morgan fingerprint density at radius 2 is 1.27 bits per heavy atom. The third-order valence-electron chi connectivity index (χ3n) is 12.5. The number of azo groups is 1. The zero-order chi connectivity index (χ0) is 54.5. The van der Waals surface area contributed by atoms with Gasteiger partial charge in [-0.25, -0.2) is 0 Å². The average Bonchev–Trinajstić information content (AvgIpc) is 3.71. The van der Waals surface area contributed by atoms with Gasteiger partial charge in [-0.05, 0) is 114 Å². The third kappa shape index (κ3) is 15.6. The second kappa shape index (κ2) is 26.2. The predicted molar refractivity (Wildman–Crippen MR) is 272 cm³/mol. The van der Waals surface area contributed by atoms with Crippen LogP contribution in [0.25, 0.3) is 21.9 Å². The van der Waals surface area contributed by atoms with Crippen LogP contribution in [-0.4, -0.2) is 172 Å². The number of phenolic OH excluding ortho intramolecular Hbond substituents is 1. The Labute approximate surface area is 435 Å². The van der Waals surface area contributed by atoms with Crippen LogP contribution in [0.5, 0.6) is 5.75 Å². The van der Waals surface area contributed by atoms with Crippen LogP contribution in [0, 0.1) is 13.8 Å². The summed E-state index contributed by atoms with van der Waals surface area (Å²) in [7, 11) is 0. The molecular weight excluding hydrogens is 1020 g/mol. The maximum Gasteiger partial charge on any atom is 0.317 e. The number of nitrogens with one attached hydrogen (secondary N) is 3. The number of aromatic hydroxyl groups is 1. The summed E-state index contributed by atoms with van der Waals surface area (Å²) in [5, 5.41) is 46.7. The van der Waals surface area contributed by atoms with Gasteiger partial charge < -0.3 is 46.1 Å². The van der Waals surface area contributed by atoms with Crippen LogP contribution in [0.15, 0.2) is 86.8 Å². The van der Waals surface area contributed by atoms with Crippen molar-refractivity contribution in [1.82, 2.24) is 30.2 Å². The molecule has 3 atom stereocenters. The fourth-order valence-electron chi connectivity index (χ4n) is 8.48. The number of rotatable bonds is 22. The van der Waals surface area contributed by atoms with E-state index in [1.165, 1.54) is 12.1 Å². The molecule has 0 aliphatic carbocycles. The molecule has 2 heterocycles. The van der Waals surface area contributed by atoms with Crippen molar-refractivity contribution in [2.45, 2.75) is 55.4 Å². The number of imide groups is 1. The van der Waals surface area contributed by atoms with Gasteiger partial charge in [-0.2, -0.15) is 5.11 Å². The quantitative estimate of drug-likeness (QED) is 0.0195. The first kappa shape index (κ1) is 57.0. The minimum absolute atomic E-state index is 0.00558.